The van der Waals surface area contributed by atoms with Crippen molar-refractivity contribution in [1.82, 2.24) is 0 Å². The highest BCUT2D eigenvalue weighted by Gasteiger charge is 2.05. The van der Waals surface area contributed by atoms with E-state index in [4.69, 9.17) is 10.5 Å². The molecule has 2 rings (SSSR count). The summed E-state index contributed by atoms with van der Waals surface area (Å²) in [5, 5.41) is 0. The molecule has 0 aliphatic carbocycles. The van der Waals surface area contributed by atoms with Crippen molar-refractivity contribution in [2.75, 3.05) is 6.67 Å². The number of para-hydroxylation sites is 1. The smallest absolute Gasteiger partial charge is 0.127 e. The van der Waals surface area contributed by atoms with Crippen LogP contribution in [0, 0.1) is 0 Å². The lowest BCUT2D eigenvalue weighted by Gasteiger charge is -2.09. The van der Waals surface area contributed by atoms with Crippen molar-refractivity contribution in [1.29, 1.82) is 0 Å². The van der Waals surface area contributed by atoms with E-state index in [0.29, 0.717) is 5.75 Å². The molecule has 0 saturated carbocycles. The first-order valence-electron chi connectivity index (χ1n) is 5.44. The molecule has 96 valence electrons. The molecule has 0 bridgehead atoms. The number of nitrogens with two attached hydrogens (primary N) is 1. The minimum atomic E-state index is -0.557. The number of alkyl halides is 1. The van der Waals surface area contributed by atoms with Crippen LogP contribution in [0.3, 0.4) is 0 Å². The third kappa shape index (κ3) is 3.72. The van der Waals surface area contributed by atoms with Crippen LogP contribution in [0.2, 0.25) is 0 Å². The third-order valence-corrected chi connectivity index (χ3v) is 2.45. The first-order chi connectivity index (χ1) is 8.29. The Morgan fingerprint density at radius 1 is 0.944 bits per heavy atom. The normalized spacial score (nSPS) is 11.4. The fourth-order valence-electron chi connectivity index (χ4n) is 1.50. The SMILES string of the molecule is Cl.N[C@@H](CF)c1ccc(Oc2ccccc2)cc1. The average Bonchev–Trinajstić information content (AvgIpc) is 2.40. The highest BCUT2D eigenvalue weighted by molar-refractivity contribution is 5.85. The number of hydrogen-bond donors (Lipinski definition) is 1. The van der Waals surface area contributed by atoms with Gasteiger partial charge < -0.3 is 10.5 Å². The molecule has 0 aliphatic rings. The summed E-state index contributed by atoms with van der Waals surface area (Å²) in [5.41, 5.74) is 6.35. The van der Waals surface area contributed by atoms with Gasteiger partial charge >= 0.3 is 0 Å². The minimum Gasteiger partial charge on any atom is -0.457 e. The molecule has 0 heterocycles. The molecule has 1 atom stereocenters. The van der Waals surface area contributed by atoms with Crippen molar-refractivity contribution in [3.05, 3.63) is 60.2 Å². The minimum absolute atomic E-state index is 0. The van der Waals surface area contributed by atoms with Crippen LogP contribution < -0.4 is 10.5 Å². The summed E-state index contributed by atoms with van der Waals surface area (Å²) in [5.74, 6) is 1.49. The van der Waals surface area contributed by atoms with E-state index in [2.05, 4.69) is 0 Å². The van der Waals surface area contributed by atoms with Crippen molar-refractivity contribution in [3.63, 3.8) is 0 Å². The van der Waals surface area contributed by atoms with E-state index in [9.17, 15) is 4.39 Å². The summed E-state index contributed by atoms with van der Waals surface area (Å²) < 4.78 is 18.0. The molecule has 0 unspecified atom stereocenters. The number of benzene rings is 2. The van der Waals surface area contributed by atoms with E-state index >= 15 is 0 Å². The molecular formula is C14H15ClFNO. The Morgan fingerprint density at radius 3 is 2.06 bits per heavy atom. The lowest BCUT2D eigenvalue weighted by Crippen LogP contribution is -2.11. The van der Waals surface area contributed by atoms with Crippen LogP contribution >= 0.6 is 12.4 Å². The maximum atomic E-state index is 12.4. The molecule has 2 aromatic rings. The highest BCUT2D eigenvalue weighted by atomic mass is 35.5. The van der Waals surface area contributed by atoms with Crippen molar-refractivity contribution < 1.29 is 9.13 Å². The van der Waals surface area contributed by atoms with E-state index < -0.39 is 12.7 Å². The summed E-state index contributed by atoms with van der Waals surface area (Å²) in [4.78, 5) is 0. The maximum Gasteiger partial charge on any atom is 0.127 e. The lowest BCUT2D eigenvalue weighted by molar-refractivity contribution is 0.436. The van der Waals surface area contributed by atoms with Crippen LogP contribution in [0.15, 0.2) is 54.6 Å². The van der Waals surface area contributed by atoms with E-state index in [1.165, 1.54) is 0 Å². The quantitative estimate of drug-likeness (QED) is 0.913. The summed E-state index contributed by atoms with van der Waals surface area (Å²) in [6, 6.07) is 16.1. The second-order valence-corrected chi connectivity index (χ2v) is 3.74. The van der Waals surface area contributed by atoms with Gasteiger partial charge in [0.05, 0.1) is 6.04 Å². The van der Waals surface area contributed by atoms with Crippen LogP contribution in [0.25, 0.3) is 0 Å². The average molecular weight is 268 g/mol. The van der Waals surface area contributed by atoms with E-state index in [1.807, 2.05) is 30.3 Å². The van der Waals surface area contributed by atoms with E-state index in [-0.39, 0.29) is 12.4 Å². The predicted octanol–water partition coefficient (Wildman–Crippen LogP) is 3.87. The number of halogens is 2. The Hall–Kier alpha value is -1.58. The van der Waals surface area contributed by atoms with Crippen LogP contribution in [0.5, 0.6) is 11.5 Å². The van der Waals surface area contributed by atoms with Gasteiger partial charge in [0.1, 0.15) is 18.2 Å². The number of hydrogen-bond acceptors (Lipinski definition) is 2. The molecule has 0 saturated heterocycles. The predicted molar refractivity (Wildman–Crippen MR) is 73.1 cm³/mol. The van der Waals surface area contributed by atoms with Gasteiger partial charge in [-0.1, -0.05) is 30.3 Å². The van der Waals surface area contributed by atoms with E-state index in [1.54, 1.807) is 24.3 Å². The largest absolute Gasteiger partial charge is 0.457 e. The van der Waals surface area contributed by atoms with Gasteiger partial charge in [-0.3, -0.25) is 0 Å². The molecule has 0 amide bonds. The summed E-state index contributed by atoms with van der Waals surface area (Å²) in [6.07, 6.45) is 0. The third-order valence-electron chi connectivity index (χ3n) is 2.45. The van der Waals surface area contributed by atoms with Gasteiger partial charge in [-0.15, -0.1) is 12.4 Å². The van der Waals surface area contributed by atoms with Crippen LogP contribution in [-0.4, -0.2) is 6.67 Å². The molecule has 0 fully saturated rings. The zero-order valence-electron chi connectivity index (χ0n) is 9.75. The zero-order chi connectivity index (χ0) is 12.1. The van der Waals surface area contributed by atoms with Crippen LogP contribution in [-0.2, 0) is 0 Å². The van der Waals surface area contributed by atoms with E-state index in [0.717, 1.165) is 11.3 Å². The Bertz CT molecular complexity index is 461. The molecule has 0 spiro atoms. The van der Waals surface area contributed by atoms with Gasteiger partial charge in [-0.2, -0.15) is 0 Å². The lowest BCUT2D eigenvalue weighted by atomic mass is 10.1. The van der Waals surface area contributed by atoms with Crippen molar-refractivity contribution in [3.8, 4) is 11.5 Å². The summed E-state index contributed by atoms with van der Waals surface area (Å²) in [7, 11) is 0. The van der Waals surface area contributed by atoms with Gasteiger partial charge in [0.25, 0.3) is 0 Å². The molecule has 18 heavy (non-hydrogen) atoms. The molecular weight excluding hydrogens is 253 g/mol. The standard InChI is InChI=1S/C14H14FNO.ClH/c15-10-14(16)11-6-8-13(9-7-11)17-12-4-2-1-3-5-12;/h1-9,14H,10,16H2;1H/t14-;/m0./s1. The number of rotatable bonds is 4. The molecule has 0 radical (unpaired) electrons. The Balaban J connectivity index is 0.00000162. The number of ether oxygens (including phenoxy) is 1. The molecule has 0 aromatic heterocycles. The topological polar surface area (TPSA) is 35.2 Å². The fourth-order valence-corrected chi connectivity index (χ4v) is 1.50. The Kier molecular flexibility index (Phi) is 5.62. The molecule has 2 aromatic carbocycles. The Labute approximate surface area is 112 Å². The van der Waals surface area contributed by atoms with Gasteiger partial charge in [-0.05, 0) is 29.8 Å². The second-order valence-electron chi connectivity index (χ2n) is 3.74. The molecule has 0 aliphatic heterocycles. The molecule has 2 nitrogen and oxygen atoms in total. The summed E-state index contributed by atoms with van der Waals surface area (Å²) in [6.45, 7) is -0.557. The van der Waals surface area contributed by atoms with Gasteiger partial charge in [0, 0.05) is 0 Å². The van der Waals surface area contributed by atoms with Crippen LogP contribution in [0.1, 0.15) is 11.6 Å². The monoisotopic (exact) mass is 267 g/mol. The first-order valence-corrected chi connectivity index (χ1v) is 5.44. The maximum absolute atomic E-state index is 12.4. The van der Waals surface area contributed by atoms with Crippen molar-refractivity contribution >= 4 is 12.4 Å². The fraction of sp³-hybridized carbons (Fsp3) is 0.143. The molecule has 2 N–H and O–H groups in total. The van der Waals surface area contributed by atoms with Gasteiger partial charge in [0.2, 0.25) is 0 Å². The molecule has 4 heteroatoms. The Morgan fingerprint density at radius 2 is 1.50 bits per heavy atom. The second kappa shape index (κ2) is 6.99. The van der Waals surface area contributed by atoms with Gasteiger partial charge in [0.15, 0.2) is 0 Å². The van der Waals surface area contributed by atoms with Crippen LogP contribution in [0.4, 0.5) is 4.39 Å². The van der Waals surface area contributed by atoms with Crippen molar-refractivity contribution in [2.45, 2.75) is 6.04 Å². The zero-order valence-corrected chi connectivity index (χ0v) is 10.6. The van der Waals surface area contributed by atoms with Gasteiger partial charge in [-0.25, -0.2) is 4.39 Å². The first kappa shape index (κ1) is 14.5. The highest BCUT2D eigenvalue weighted by Crippen LogP contribution is 2.22. The summed E-state index contributed by atoms with van der Waals surface area (Å²) >= 11 is 0. The van der Waals surface area contributed by atoms with Crippen molar-refractivity contribution in [2.24, 2.45) is 5.73 Å².